The average molecular weight is 442 g/mol. The smallest absolute Gasteiger partial charge is 0.407 e. The van der Waals surface area contributed by atoms with E-state index >= 15 is 0 Å². The topological polar surface area (TPSA) is 119 Å². The number of imidazole rings is 1. The number of hydrogen-bond acceptors (Lipinski definition) is 7. The molecule has 0 aromatic carbocycles. The summed E-state index contributed by atoms with van der Waals surface area (Å²) in [6.07, 6.45) is 6.25. The van der Waals surface area contributed by atoms with Gasteiger partial charge in [0.2, 0.25) is 0 Å². The zero-order chi connectivity index (χ0) is 22.9. The minimum atomic E-state index is -0.580. The summed E-state index contributed by atoms with van der Waals surface area (Å²) < 4.78 is 20.9. The second-order valence-corrected chi connectivity index (χ2v) is 9.06. The molecule has 9 nitrogen and oxygen atoms in total. The number of amides is 1. The number of carbonyl (C=O) groups excluding carboxylic acids is 1. The molecule has 3 aromatic rings. The van der Waals surface area contributed by atoms with Gasteiger partial charge in [-0.15, -0.1) is 5.10 Å². The first kappa shape index (κ1) is 21.8. The number of fused-ring (bicyclic) bond motifs is 1. The van der Waals surface area contributed by atoms with Gasteiger partial charge in [-0.05, 0) is 64.7 Å². The van der Waals surface area contributed by atoms with Gasteiger partial charge in [0.1, 0.15) is 11.4 Å². The molecule has 1 aliphatic rings. The number of rotatable bonds is 4. The molecule has 0 aliphatic heterocycles. The van der Waals surface area contributed by atoms with Crippen molar-refractivity contribution < 1.29 is 13.9 Å². The van der Waals surface area contributed by atoms with Gasteiger partial charge in [-0.2, -0.15) is 0 Å². The van der Waals surface area contributed by atoms with Crippen LogP contribution in [0, 0.1) is 5.82 Å². The van der Waals surface area contributed by atoms with Crippen LogP contribution < -0.4 is 16.4 Å². The first-order valence-electron chi connectivity index (χ1n) is 10.7. The van der Waals surface area contributed by atoms with Crippen LogP contribution in [-0.2, 0) is 4.74 Å². The van der Waals surface area contributed by atoms with Gasteiger partial charge in [0.05, 0.1) is 11.9 Å². The number of ether oxygens (including phenoxy) is 1. The summed E-state index contributed by atoms with van der Waals surface area (Å²) in [4.78, 5) is 20.2. The Morgan fingerprint density at radius 2 is 1.88 bits per heavy atom. The molecule has 1 aliphatic carbocycles. The maximum absolute atomic E-state index is 13.9. The van der Waals surface area contributed by atoms with E-state index in [1.54, 1.807) is 10.7 Å². The third kappa shape index (κ3) is 5.06. The molecule has 0 saturated heterocycles. The van der Waals surface area contributed by atoms with Crippen LogP contribution in [0.5, 0.6) is 0 Å². The molecule has 3 aromatic heterocycles. The molecule has 4 rings (SSSR count). The largest absolute Gasteiger partial charge is 0.444 e. The Balaban J connectivity index is 1.40. The summed E-state index contributed by atoms with van der Waals surface area (Å²) >= 11 is 0. The third-order valence-corrected chi connectivity index (χ3v) is 5.33. The molecule has 3 heterocycles. The molecule has 1 saturated carbocycles. The van der Waals surface area contributed by atoms with Crippen molar-refractivity contribution in [1.29, 1.82) is 0 Å². The lowest BCUT2D eigenvalue weighted by molar-refractivity contribution is 0.0492. The van der Waals surface area contributed by atoms with Crippen LogP contribution in [-0.4, -0.2) is 43.4 Å². The van der Waals surface area contributed by atoms with Gasteiger partial charge in [-0.3, -0.25) is 0 Å². The lowest BCUT2D eigenvalue weighted by Crippen LogP contribution is -2.42. The molecular formula is C22H28FN7O2. The number of aromatic nitrogens is 4. The maximum Gasteiger partial charge on any atom is 0.407 e. The number of halogens is 1. The minimum absolute atomic E-state index is 0.103. The molecular weight excluding hydrogens is 413 g/mol. The molecule has 170 valence electrons. The second-order valence-electron chi connectivity index (χ2n) is 9.06. The summed E-state index contributed by atoms with van der Waals surface area (Å²) in [5, 5.41) is 11.1. The molecule has 1 amide bonds. The Bertz CT molecular complexity index is 1120. The van der Waals surface area contributed by atoms with Crippen molar-refractivity contribution >= 4 is 23.4 Å². The fraction of sp³-hybridized carbons (Fsp3) is 0.455. The zero-order valence-corrected chi connectivity index (χ0v) is 18.4. The van der Waals surface area contributed by atoms with E-state index in [-0.39, 0.29) is 24.0 Å². The van der Waals surface area contributed by atoms with Gasteiger partial charge in [-0.1, -0.05) is 0 Å². The first-order valence-corrected chi connectivity index (χ1v) is 10.7. The van der Waals surface area contributed by atoms with Crippen molar-refractivity contribution in [2.24, 2.45) is 0 Å². The Morgan fingerprint density at radius 3 is 2.56 bits per heavy atom. The van der Waals surface area contributed by atoms with Crippen molar-refractivity contribution in [2.75, 3.05) is 11.1 Å². The number of anilines is 2. The predicted molar refractivity (Wildman–Crippen MR) is 120 cm³/mol. The summed E-state index contributed by atoms with van der Waals surface area (Å²) in [6.45, 7) is 5.55. The van der Waals surface area contributed by atoms with E-state index < -0.39 is 11.4 Å². The number of hydrogen-bond donors (Lipinski definition) is 3. The van der Waals surface area contributed by atoms with Crippen LogP contribution in [0.2, 0.25) is 0 Å². The van der Waals surface area contributed by atoms with Crippen LogP contribution in [0.1, 0.15) is 46.5 Å². The summed E-state index contributed by atoms with van der Waals surface area (Å²) in [6, 6.07) is 5.40. The van der Waals surface area contributed by atoms with Crippen LogP contribution in [0.3, 0.4) is 0 Å². The van der Waals surface area contributed by atoms with E-state index in [1.165, 1.54) is 12.3 Å². The van der Waals surface area contributed by atoms with Crippen LogP contribution in [0.25, 0.3) is 16.9 Å². The maximum atomic E-state index is 13.9. The zero-order valence-electron chi connectivity index (χ0n) is 18.4. The van der Waals surface area contributed by atoms with Crippen molar-refractivity contribution in [3.8, 4) is 11.3 Å². The van der Waals surface area contributed by atoms with Gasteiger partial charge in [0.15, 0.2) is 17.3 Å². The number of carbonyl (C=O) groups is 1. The van der Waals surface area contributed by atoms with E-state index in [0.717, 1.165) is 25.7 Å². The SMILES string of the molecule is CC(C)(C)OC(=O)NC1CCC(Nc2ccc3ncc(-c4cnc(N)c(F)c4)n3n2)CC1. The molecule has 0 unspecified atom stereocenters. The first-order chi connectivity index (χ1) is 15.2. The fourth-order valence-electron chi connectivity index (χ4n) is 3.80. The highest BCUT2D eigenvalue weighted by atomic mass is 19.1. The Hall–Kier alpha value is -3.43. The lowest BCUT2D eigenvalue weighted by Gasteiger charge is -2.30. The minimum Gasteiger partial charge on any atom is -0.444 e. The lowest BCUT2D eigenvalue weighted by atomic mass is 9.91. The number of nitrogens with zero attached hydrogens (tertiary/aromatic N) is 4. The number of pyridine rings is 1. The molecule has 0 radical (unpaired) electrons. The van der Waals surface area contributed by atoms with Crippen LogP contribution >= 0.6 is 0 Å². The standard InChI is InChI=1S/C22H28FN7O2/c1-22(2,3)32-21(31)28-15-6-4-14(5-7-15)27-18-8-9-19-25-12-17(30(19)29-18)13-10-16(23)20(24)26-11-13/h8-12,14-15H,4-7H2,1-3H3,(H2,24,26)(H,27,29)(H,28,31). The van der Waals surface area contributed by atoms with Crippen molar-refractivity contribution in [2.45, 2.75) is 64.1 Å². The highest BCUT2D eigenvalue weighted by Crippen LogP contribution is 2.25. The van der Waals surface area contributed by atoms with E-state index in [2.05, 4.69) is 25.7 Å². The van der Waals surface area contributed by atoms with Crippen molar-refractivity contribution in [1.82, 2.24) is 24.9 Å². The number of alkyl carbamates (subject to hydrolysis) is 1. The molecule has 32 heavy (non-hydrogen) atoms. The predicted octanol–water partition coefficient (Wildman–Crippen LogP) is 3.76. The van der Waals surface area contributed by atoms with Crippen molar-refractivity contribution in [3.63, 3.8) is 0 Å². The molecule has 0 spiro atoms. The second kappa shape index (κ2) is 8.60. The normalized spacial score (nSPS) is 19.0. The monoisotopic (exact) mass is 441 g/mol. The quantitative estimate of drug-likeness (QED) is 0.564. The van der Waals surface area contributed by atoms with Gasteiger partial charge in [-0.25, -0.2) is 23.7 Å². The highest BCUT2D eigenvalue weighted by molar-refractivity contribution is 5.68. The van der Waals surface area contributed by atoms with Gasteiger partial charge in [0.25, 0.3) is 0 Å². The molecule has 4 N–H and O–H groups in total. The molecule has 1 fully saturated rings. The van der Waals surface area contributed by atoms with Crippen LogP contribution in [0.4, 0.5) is 20.8 Å². The molecule has 10 heteroatoms. The third-order valence-electron chi connectivity index (χ3n) is 5.33. The Kier molecular flexibility index (Phi) is 5.86. The van der Waals surface area contributed by atoms with Gasteiger partial charge >= 0.3 is 6.09 Å². The van der Waals surface area contributed by atoms with Gasteiger partial charge < -0.3 is 21.1 Å². The molecule has 0 atom stereocenters. The summed E-state index contributed by atoms with van der Waals surface area (Å²) in [5.41, 5.74) is 6.79. The number of nitrogens with two attached hydrogens (primary N) is 1. The summed E-state index contributed by atoms with van der Waals surface area (Å²) in [5.74, 6) is -0.0256. The van der Waals surface area contributed by atoms with Gasteiger partial charge in [0, 0.05) is 23.8 Å². The number of nitrogen functional groups attached to an aromatic ring is 1. The van der Waals surface area contributed by atoms with E-state index in [4.69, 9.17) is 10.5 Å². The van der Waals surface area contributed by atoms with E-state index in [1.807, 2.05) is 32.9 Å². The average Bonchev–Trinajstić information content (AvgIpc) is 3.13. The van der Waals surface area contributed by atoms with E-state index in [0.29, 0.717) is 22.7 Å². The van der Waals surface area contributed by atoms with Crippen molar-refractivity contribution in [3.05, 3.63) is 36.4 Å². The number of nitrogens with one attached hydrogen (secondary N) is 2. The summed E-state index contributed by atoms with van der Waals surface area (Å²) in [7, 11) is 0. The highest BCUT2D eigenvalue weighted by Gasteiger charge is 2.25. The van der Waals surface area contributed by atoms with E-state index in [9.17, 15) is 9.18 Å². The van der Waals surface area contributed by atoms with Crippen LogP contribution in [0.15, 0.2) is 30.6 Å². The fourth-order valence-corrected chi connectivity index (χ4v) is 3.80. The Morgan fingerprint density at radius 1 is 1.16 bits per heavy atom. The Labute approximate surface area is 185 Å². The molecule has 0 bridgehead atoms.